The van der Waals surface area contributed by atoms with Gasteiger partial charge in [-0.05, 0) is 36.2 Å². The van der Waals surface area contributed by atoms with Crippen molar-refractivity contribution in [2.45, 2.75) is 19.5 Å². The third-order valence-corrected chi connectivity index (χ3v) is 5.25. The van der Waals surface area contributed by atoms with Crippen LogP contribution in [0.4, 0.5) is 0 Å². The number of rotatable bonds is 5. The number of aryl methyl sites for hydroxylation is 2. The lowest BCUT2D eigenvalue weighted by Crippen LogP contribution is -2.36. The van der Waals surface area contributed by atoms with Gasteiger partial charge in [0.15, 0.2) is 0 Å². The van der Waals surface area contributed by atoms with Crippen LogP contribution in [0.2, 0.25) is 5.02 Å². The molecule has 0 saturated carbocycles. The summed E-state index contributed by atoms with van der Waals surface area (Å²) in [6, 6.07) is 12.1. The number of imidazole rings is 1. The van der Waals surface area contributed by atoms with Gasteiger partial charge in [-0.25, -0.2) is 9.97 Å². The molecule has 1 atom stereocenters. The smallest absolute Gasteiger partial charge is 0.261 e. The molecule has 0 aliphatic rings. The quantitative estimate of drug-likeness (QED) is 0.537. The summed E-state index contributed by atoms with van der Waals surface area (Å²) in [5, 5.41) is 4.07. The van der Waals surface area contributed by atoms with Crippen LogP contribution in [0.15, 0.2) is 66.0 Å². The predicted molar refractivity (Wildman–Crippen MR) is 115 cm³/mol. The highest BCUT2D eigenvalue weighted by atomic mass is 35.5. The molecular weight excluding hydrogens is 402 g/mol. The van der Waals surface area contributed by atoms with Crippen LogP contribution >= 0.6 is 11.6 Å². The maximum Gasteiger partial charge on any atom is 0.261 e. The zero-order valence-corrected chi connectivity index (χ0v) is 17.3. The monoisotopic (exact) mass is 421 g/mol. The average molecular weight is 422 g/mol. The Balaban J connectivity index is 1.63. The normalized spacial score (nSPS) is 12.1. The zero-order chi connectivity index (χ0) is 21.3. The molecule has 1 N–H and O–H groups in total. The largest absolute Gasteiger partial charge is 0.341 e. The molecular formula is C22H20ClN5O2. The number of aromatic nitrogens is 4. The molecule has 0 saturated heterocycles. The van der Waals surface area contributed by atoms with Crippen LogP contribution in [0.3, 0.4) is 0 Å². The molecule has 0 bridgehead atoms. The van der Waals surface area contributed by atoms with Crippen LogP contribution in [0.1, 0.15) is 23.0 Å². The van der Waals surface area contributed by atoms with Crippen molar-refractivity contribution in [3.05, 3.63) is 93.5 Å². The lowest BCUT2D eigenvalue weighted by molar-refractivity contribution is -0.122. The van der Waals surface area contributed by atoms with Gasteiger partial charge in [-0.15, -0.1) is 0 Å². The van der Waals surface area contributed by atoms with E-state index in [0.29, 0.717) is 21.7 Å². The Morgan fingerprint density at radius 1 is 1.17 bits per heavy atom. The van der Waals surface area contributed by atoms with E-state index in [-0.39, 0.29) is 18.0 Å². The summed E-state index contributed by atoms with van der Waals surface area (Å²) in [6.45, 7) is 1.75. The van der Waals surface area contributed by atoms with Crippen LogP contribution in [0.5, 0.6) is 0 Å². The van der Waals surface area contributed by atoms with Crippen molar-refractivity contribution < 1.29 is 4.79 Å². The number of amides is 1. The van der Waals surface area contributed by atoms with Crippen molar-refractivity contribution in [3.8, 4) is 0 Å². The molecule has 1 amide bonds. The van der Waals surface area contributed by atoms with Gasteiger partial charge in [0.2, 0.25) is 5.91 Å². The topological polar surface area (TPSA) is 81.8 Å². The summed E-state index contributed by atoms with van der Waals surface area (Å²) >= 11 is 6.01. The van der Waals surface area contributed by atoms with E-state index in [1.807, 2.05) is 49.0 Å². The molecule has 8 heteroatoms. The van der Waals surface area contributed by atoms with Crippen LogP contribution in [-0.2, 0) is 18.4 Å². The summed E-state index contributed by atoms with van der Waals surface area (Å²) in [6.07, 6.45) is 4.89. The van der Waals surface area contributed by atoms with E-state index in [2.05, 4.69) is 15.3 Å². The lowest BCUT2D eigenvalue weighted by atomic mass is 10.1. The van der Waals surface area contributed by atoms with Crippen LogP contribution < -0.4 is 10.9 Å². The molecule has 7 nitrogen and oxygen atoms in total. The minimum Gasteiger partial charge on any atom is -0.341 e. The third-order valence-electron chi connectivity index (χ3n) is 4.99. The number of nitrogens with zero attached hydrogens (tertiary/aromatic N) is 4. The number of hydrogen-bond acceptors (Lipinski definition) is 4. The fourth-order valence-electron chi connectivity index (χ4n) is 3.42. The highest BCUT2D eigenvalue weighted by Crippen LogP contribution is 2.22. The fraction of sp³-hybridized carbons (Fsp3) is 0.182. The van der Waals surface area contributed by atoms with Gasteiger partial charge in [0.05, 0.1) is 17.2 Å². The molecule has 0 spiro atoms. The summed E-state index contributed by atoms with van der Waals surface area (Å²) < 4.78 is 3.15. The van der Waals surface area contributed by atoms with Gasteiger partial charge in [-0.3, -0.25) is 14.2 Å². The lowest BCUT2D eigenvalue weighted by Gasteiger charge is -2.19. The second-order valence-electron chi connectivity index (χ2n) is 7.10. The minimum atomic E-state index is -0.485. The predicted octanol–water partition coefficient (Wildman–Crippen LogP) is 3.00. The number of para-hydroxylation sites is 1. The number of halogens is 1. The zero-order valence-electron chi connectivity index (χ0n) is 16.5. The van der Waals surface area contributed by atoms with E-state index in [4.69, 9.17) is 11.6 Å². The molecule has 4 aromatic rings. The molecule has 0 fully saturated rings. The van der Waals surface area contributed by atoms with Crippen molar-refractivity contribution in [2.75, 3.05) is 0 Å². The van der Waals surface area contributed by atoms with Gasteiger partial charge >= 0.3 is 0 Å². The second-order valence-corrected chi connectivity index (χ2v) is 7.53. The average Bonchev–Trinajstić information content (AvgIpc) is 3.15. The Hall–Kier alpha value is -3.45. The van der Waals surface area contributed by atoms with Gasteiger partial charge in [0, 0.05) is 24.5 Å². The van der Waals surface area contributed by atoms with Crippen molar-refractivity contribution >= 4 is 28.4 Å². The molecule has 2 aromatic carbocycles. The molecule has 4 rings (SSSR count). The van der Waals surface area contributed by atoms with Gasteiger partial charge in [-0.2, -0.15) is 0 Å². The van der Waals surface area contributed by atoms with E-state index < -0.39 is 6.04 Å². The number of carbonyl (C=O) groups is 1. The van der Waals surface area contributed by atoms with E-state index in [0.717, 1.165) is 11.1 Å². The third kappa shape index (κ3) is 3.84. The standard InChI is InChI=1S/C22H20ClN5O2/c1-14-4-3-5-17-19(14)25-13-28(22(17)30)12-18(29)26-20(21-24-10-11-27(21)2)15-6-8-16(23)9-7-15/h3-11,13,20H,12H2,1-2H3,(H,26,29)/t20-/m0/s1. The van der Waals surface area contributed by atoms with E-state index >= 15 is 0 Å². The second kappa shape index (κ2) is 8.12. The first kappa shape index (κ1) is 19.8. The molecule has 0 unspecified atom stereocenters. The Labute approximate surface area is 178 Å². The van der Waals surface area contributed by atoms with Crippen LogP contribution in [-0.4, -0.2) is 25.0 Å². The Morgan fingerprint density at radius 2 is 1.93 bits per heavy atom. The number of fused-ring (bicyclic) bond motifs is 1. The fourth-order valence-corrected chi connectivity index (χ4v) is 3.54. The van der Waals surface area contributed by atoms with E-state index in [1.54, 1.807) is 24.4 Å². The van der Waals surface area contributed by atoms with Gasteiger partial charge < -0.3 is 9.88 Å². The summed E-state index contributed by atoms with van der Waals surface area (Å²) in [4.78, 5) is 34.4. The molecule has 152 valence electrons. The van der Waals surface area contributed by atoms with Gasteiger partial charge in [0.25, 0.3) is 5.56 Å². The Morgan fingerprint density at radius 3 is 2.63 bits per heavy atom. The molecule has 2 aromatic heterocycles. The number of nitrogens with one attached hydrogen (secondary N) is 1. The van der Waals surface area contributed by atoms with Crippen molar-refractivity contribution in [1.29, 1.82) is 0 Å². The van der Waals surface area contributed by atoms with Crippen LogP contribution in [0, 0.1) is 6.92 Å². The summed E-state index contributed by atoms with van der Waals surface area (Å²) in [5.74, 6) is 0.346. The van der Waals surface area contributed by atoms with Gasteiger partial charge in [0.1, 0.15) is 18.4 Å². The molecule has 30 heavy (non-hydrogen) atoms. The number of carbonyl (C=O) groups excluding carboxylic acids is 1. The highest BCUT2D eigenvalue weighted by Gasteiger charge is 2.21. The highest BCUT2D eigenvalue weighted by molar-refractivity contribution is 6.30. The SMILES string of the molecule is Cc1cccc2c(=O)n(CC(=O)N[C@@H](c3ccc(Cl)cc3)c3nccn3C)cnc12. The summed E-state index contributed by atoms with van der Waals surface area (Å²) in [7, 11) is 1.86. The number of hydrogen-bond donors (Lipinski definition) is 1. The first-order chi connectivity index (χ1) is 14.4. The van der Waals surface area contributed by atoms with Gasteiger partial charge in [-0.1, -0.05) is 35.9 Å². The first-order valence-electron chi connectivity index (χ1n) is 9.41. The minimum absolute atomic E-state index is 0.149. The maximum absolute atomic E-state index is 12.9. The van der Waals surface area contributed by atoms with Crippen molar-refractivity contribution in [3.63, 3.8) is 0 Å². The van der Waals surface area contributed by atoms with E-state index in [9.17, 15) is 9.59 Å². The van der Waals surface area contributed by atoms with Crippen molar-refractivity contribution in [1.82, 2.24) is 24.4 Å². The molecule has 0 radical (unpaired) electrons. The van der Waals surface area contributed by atoms with Crippen molar-refractivity contribution in [2.24, 2.45) is 7.05 Å². The molecule has 2 heterocycles. The molecule has 0 aliphatic heterocycles. The van der Waals surface area contributed by atoms with E-state index in [1.165, 1.54) is 10.9 Å². The van der Waals surface area contributed by atoms with Crippen LogP contribution in [0.25, 0.3) is 10.9 Å². The molecule has 0 aliphatic carbocycles. The Bertz CT molecular complexity index is 1280. The first-order valence-corrected chi connectivity index (χ1v) is 9.78. The number of benzene rings is 2. The maximum atomic E-state index is 12.9. The summed E-state index contributed by atoms with van der Waals surface area (Å²) in [5.41, 5.74) is 2.14. The Kier molecular flexibility index (Phi) is 5.37.